The van der Waals surface area contributed by atoms with Crippen molar-refractivity contribution in [2.45, 2.75) is 48.0 Å². The number of ether oxygens (including phenoxy) is 1. The maximum absolute atomic E-state index is 13.9. The minimum Gasteiger partial charge on any atom is -0.454 e. The van der Waals surface area contributed by atoms with Crippen molar-refractivity contribution in [1.29, 1.82) is 0 Å². The number of carbonyl (C=O) groups is 4. The number of likely N-dealkylation sites (tertiary alicyclic amines) is 1. The van der Waals surface area contributed by atoms with Gasteiger partial charge in [-0.05, 0) is 59.4 Å². The van der Waals surface area contributed by atoms with E-state index < -0.39 is 33.7 Å². The Morgan fingerprint density at radius 2 is 1.27 bits per heavy atom. The fourth-order valence-corrected chi connectivity index (χ4v) is 8.44. The molecule has 6 nitrogen and oxygen atoms in total. The van der Waals surface area contributed by atoms with Gasteiger partial charge in [0.15, 0.2) is 6.10 Å². The van der Waals surface area contributed by atoms with E-state index in [1.807, 2.05) is 48.5 Å². The smallest absolute Gasteiger partial charge is 0.306 e. The van der Waals surface area contributed by atoms with Crippen LogP contribution in [0.15, 0.2) is 72.8 Å². The summed E-state index contributed by atoms with van der Waals surface area (Å²) in [7, 11) is 0. The molecule has 0 unspecified atom stereocenters. The molecule has 1 heterocycles. The summed E-state index contributed by atoms with van der Waals surface area (Å²) in [6.07, 6.45) is 0.794. The predicted molar refractivity (Wildman–Crippen MR) is 169 cm³/mol. The number of hydrogen-bond donors (Lipinski definition) is 0. The van der Waals surface area contributed by atoms with Crippen LogP contribution in [-0.4, -0.2) is 47.0 Å². The molecule has 3 aromatic rings. The number of halogens is 4. The van der Waals surface area contributed by atoms with Crippen molar-refractivity contribution >= 4 is 70.0 Å². The third-order valence-corrected chi connectivity index (χ3v) is 10.8. The van der Waals surface area contributed by atoms with Gasteiger partial charge < -0.3 is 4.74 Å². The van der Waals surface area contributed by atoms with Crippen molar-refractivity contribution in [2.24, 2.45) is 11.8 Å². The van der Waals surface area contributed by atoms with Crippen molar-refractivity contribution in [1.82, 2.24) is 4.90 Å². The number of imide groups is 1. The van der Waals surface area contributed by atoms with Crippen LogP contribution in [0.1, 0.15) is 64.7 Å². The number of nitrogens with zero attached hydrogens (tertiary/aromatic N) is 1. The molecular weight excluding hydrogens is 644 g/mol. The van der Waals surface area contributed by atoms with E-state index in [1.54, 1.807) is 24.3 Å². The van der Waals surface area contributed by atoms with Gasteiger partial charge in [-0.15, -0.1) is 34.8 Å². The minimum atomic E-state index is -1.21. The molecule has 1 fully saturated rings. The van der Waals surface area contributed by atoms with Gasteiger partial charge in [-0.25, -0.2) is 0 Å². The van der Waals surface area contributed by atoms with Crippen LogP contribution in [-0.2, 0) is 28.9 Å². The molecule has 3 aromatic carbocycles. The molecule has 3 atom stereocenters. The van der Waals surface area contributed by atoms with Crippen LogP contribution in [0.4, 0.5) is 0 Å². The first-order chi connectivity index (χ1) is 21.1. The highest BCUT2D eigenvalue weighted by Gasteiger charge is 2.72. The second-order valence-electron chi connectivity index (χ2n) is 11.4. The zero-order valence-electron chi connectivity index (χ0n) is 23.6. The van der Waals surface area contributed by atoms with Gasteiger partial charge in [-0.3, -0.25) is 24.1 Å². The van der Waals surface area contributed by atoms with E-state index in [1.165, 1.54) is 4.90 Å². The average molecular weight is 673 g/mol. The molecule has 7 rings (SSSR count). The topological polar surface area (TPSA) is 80.8 Å². The molecule has 0 aromatic heterocycles. The van der Waals surface area contributed by atoms with Gasteiger partial charge in [0.2, 0.25) is 17.6 Å². The summed E-state index contributed by atoms with van der Waals surface area (Å²) in [5, 5.41) is 0.496. The van der Waals surface area contributed by atoms with Crippen molar-refractivity contribution in [3.05, 3.63) is 106 Å². The highest BCUT2D eigenvalue weighted by molar-refractivity contribution is 6.36. The monoisotopic (exact) mass is 671 g/mol. The molecule has 228 valence electrons. The maximum atomic E-state index is 13.9. The number of ketones is 1. The zero-order chi connectivity index (χ0) is 31.2. The minimum absolute atomic E-state index is 0.0834. The van der Waals surface area contributed by atoms with Gasteiger partial charge in [-0.1, -0.05) is 66.6 Å². The molecule has 0 spiro atoms. The lowest BCUT2D eigenvalue weighted by molar-refractivity contribution is -0.147. The van der Waals surface area contributed by atoms with Crippen LogP contribution < -0.4 is 0 Å². The Kier molecular flexibility index (Phi) is 8.57. The fourth-order valence-electron chi connectivity index (χ4n) is 7.02. The van der Waals surface area contributed by atoms with Crippen molar-refractivity contribution in [3.63, 3.8) is 0 Å². The second-order valence-corrected chi connectivity index (χ2v) is 13.4. The molecule has 0 radical (unpaired) electrons. The van der Waals surface area contributed by atoms with E-state index in [0.717, 1.165) is 22.3 Å². The summed E-state index contributed by atoms with van der Waals surface area (Å²) >= 11 is 26.7. The highest BCUT2D eigenvalue weighted by Crippen LogP contribution is 2.69. The first-order valence-corrected chi connectivity index (χ1v) is 16.3. The van der Waals surface area contributed by atoms with Crippen LogP contribution in [0.3, 0.4) is 0 Å². The van der Waals surface area contributed by atoms with Gasteiger partial charge in [0.1, 0.15) is 9.75 Å². The standard InChI is InChI=1S/C34H29Cl4NO5/c35-18-17-26(30(41)20-13-15-21(36)16-14-20)44-27(40)12-2-1-7-19-39-31(42)28-29(32(39)43)34(38)23-9-4-3-8-22(23)33(28,37)24-10-5-6-11-25(24)34/h3-6,8-11,13-16,26,28-29H,1-2,7,12,17-19H2/t26-,28-,29+,33?,34?/m0/s1. The number of amides is 2. The molecule has 3 aliphatic carbocycles. The predicted octanol–water partition coefficient (Wildman–Crippen LogP) is 7.22. The number of benzene rings is 3. The molecule has 0 N–H and O–H groups in total. The van der Waals surface area contributed by atoms with Crippen molar-refractivity contribution in [3.8, 4) is 0 Å². The molecule has 2 amide bonds. The normalized spacial score (nSPS) is 25.3. The molecule has 1 saturated heterocycles. The van der Waals surface area contributed by atoms with Gasteiger partial charge >= 0.3 is 5.97 Å². The largest absolute Gasteiger partial charge is 0.454 e. The molecule has 44 heavy (non-hydrogen) atoms. The average Bonchev–Trinajstić information content (AvgIpc) is 3.29. The lowest BCUT2D eigenvalue weighted by atomic mass is 9.54. The van der Waals surface area contributed by atoms with E-state index >= 15 is 0 Å². The Labute approximate surface area is 275 Å². The third-order valence-electron chi connectivity index (χ3n) is 9.01. The SMILES string of the molecule is O=C(CCCCCN1C(=O)[C@@H]2[C@H](C1=O)C1(Cl)c3ccccc3C2(Cl)c2ccccc21)O[C@@H](CCCl)C(=O)c1ccc(Cl)cc1. The summed E-state index contributed by atoms with van der Waals surface area (Å²) in [5.74, 6) is -3.00. The lowest BCUT2D eigenvalue weighted by Gasteiger charge is -2.54. The Bertz CT molecular complexity index is 1520. The summed E-state index contributed by atoms with van der Waals surface area (Å²) in [5.41, 5.74) is 3.44. The Morgan fingerprint density at radius 3 is 1.75 bits per heavy atom. The fraction of sp³-hybridized carbons (Fsp3) is 0.353. The number of rotatable bonds is 11. The zero-order valence-corrected chi connectivity index (χ0v) is 26.6. The molecule has 1 aliphatic heterocycles. The van der Waals surface area contributed by atoms with Gasteiger partial charge in [-0.2, -0.15) is 0 Å². The Hall–Kier alpha value is -2.90. The van der Waals surface area contributed by atoms with Crippen LogP contribution in [0.5, 0.6) is 0 Å². The number of esters is 1. The van der Waals surface area contributed by atoms with Gasteiger partial charge in [0, 0.05) is 35.9 Å². The third kappa shape index (κ3) is 4.86. The lowest BCUT2D eigenvalue weighted by Crippen LogP contribution is -2.57. The Balaban J connectivity index is 1.09. The second kappa shape index (κ2) is 12.1. The maximum Gasteiger partial charge on any atom is 0.306 e. The van der Waals surface area contributed by atoms with E-state index in [2.05, 4.69) is 0 Å². The summed E-state index contributed by atoms with van der Waals surface area (Å²) in [6.45, 7) is 0.191. The molecule has 2 bridgehead atoms. The van der Waals surface area contributed by atoms with Crippen LogP contribution in [0.2, 0.25) is 5.02 Å². The van der Waals surface area contributed by atoms with Crippen LogP contribution in [0, 0.1) is 11.8 Å². The molecule has 10 heteroatoms. The Morgan fingerprint density at radius 1 is 0.773 bits per heavy atom. The van der Waals surface area contributed by atoms with E-state index in [-0.39, 0.29) is 42.9 Å². The number of Topliss-reactive ketones (excluding diaryl/α,β-unsaturated/α-hetero) is 1. The quantitative estimate of drug-likeness (QED) is 0.0707. The van der Waals surface area contributed by atoms with Crippen LogP contribution >= 0.6 is 46.4 Å². The van der Waals surface area contributed by atoms with Crippen molar-refractivity contribution < 1.29 is 23.9 Å². The number of unbranched alkanes of at least 4 members (excludes halogenated alkanes) is 2. The number of alkyl halides is 3. The summed E-state index contributed by atoms with van der Waals surface area (Å²) in [6, 6.07) is 21.4. The summed E-state index contributed by atoms with van der Waals surface area (Å²) in [4.78, 5) is 52.1. The first kappa shape index (κ1) is 31.1. The first-order valence-electron chi connectivity index (χ1n) is 14.6. The van der Waals surface area contributed by atoms with Crippen LogP contribution in [0.25, 0.3) is 0 Å². The van der Waals surface area contributed by atoms with E-state index in [9.17, 15) is 19.2 Å². The number of hydrogen-bond acceptors (Lipinski definition) is 5. The molecule has 0 saturated carbocycles. The molecular formula is C34H29Cl4NO5. The highest BCUT2D eigenvalue weighted by atomic mass is 35.5. The number of carbonyl (C=O) groups excluding carboxylic acids is 4. The van der Waals surface area contributed by atoms with Gasteiger partial charge in [0.25, 0.3) is 0 Å². The van der Waals surface area contributed by atoms with E-state index in [4.69, 9.17) is 51.1 Å². The molecule has 4 aliphatic rings. The summed E-state index contributed by atoms with van der Waals surface area (Å²) < 4.78 is 5.48. The van der Waals surface area contributed by atoms with Gasteiger partial charge in [0.05, 0.1) is 11.8 Å². The van der Waals surface area contributed by atoms with E-state index in [0.29, 0.717) is 29.8 Å². The van der Waals surface area contributed by atoms with Crippen molar-refractivity contribution in [2.75, 3.05) is 12.4 Å².